The van der Waals surface area contributed by atoms with Gasteiger partial charge in [0, 0.05) is 18.0 Å². The minimum absolute atomic E-state index is 0.0266. The van der Waals surface area contributed by atoms with E-state index in [0.717, 1.165) is 41.3 Å². The standard InChI is InChI=1S/C17H25N3O2S/c1-4-7-19-8-5-17(22,6-9-19)10-20-11-18-15-14(16(20)21)12(2)13(3)23-15/h11,22H,4-10H2,1-3H3. The van der Waals surface area contributed by atoms with Gasteiger partial charge in [-0.1, -0.05) is 6.92 Å². The minimum atomic E-state index is -0.803. The maximum absolute atomic E-state index is 12.8. The molecule has 3 heterocycles. The average molecular weight is 335 g/mol. The number of hydrogen-bond acceptors (Lipinski definition) is 5. The van der Waals surface area contributed by atoms with Crippen molar-refractivity contribution in [3.8, 4) is 0 Å². The average Bonchev–Trinajstić information content (AvgIpc) is 2.81. The first kappa shape index (κ1) is 16.6. The van der Waals surface area contributed by atoms with Gasteiger partial charge in [-0.3, -0.25) is 9.36 Å². The van der Waals surface area contributed by atoms with Crippen molar-refractivity contribution < 1.29 is 5.11 Å². The minimum Gasteiger partial charge on any atom is -0.388 e. The zero-order chi connectivity index (χ0) is 16.6. The highest BCUT2D eigenvalue weighted by molar-refractivity contribution is 7.18. The molecule has 0 unspecified atom stereocenters. The molecule has 0 spiro atoms. The van der Waals surface area contributed by atoms with E-state index in [1.807, 2.05) is 13.8 Å². The summed E-state index contributed by atoms with van der Waals surface area (Å²) in [4.78, 5) is 21.5. The Morgan fingerprint density at radius 1 is 1.35 bits per heavy atom. The quantitative estimate of drug-likeness (QED) is 0.931. The van der Waals surface area contributed by atoms with Gasteiger partial charge in [0.15, 0.2) is 0 Å². The summed E-state index contributed by atoms with van der Waals surface area (Å²) in [5.41, 5.74) is 0.186. The lowest BCUT2D eigenvalue weighted by molar-refractivity contribution is -0.0347. The van der Waals surface area contributed by atoms with Crippen molar-refractivity contribution in [3.05, 3.63) is 27.1 Å². The molecule has 0 bridgehead atoms. The van der Waals surface area contributed by atoms with E-state index in [9.17, 15) is 9.90 Å². The van der Waals surface area contributed by atoms with Crippen molar-refractivity contribution in [3.63, 3.8) is 0 Å². The Hall–Kier alpha value is -1.24. The molecule has 1 N–H and O–H groups in total. The summed E-state index contributed by atoms with van der Waals surface area (Å²) in [6, 6.07) is 0. The van der Waals surface area contributed by atoms with E-state index in [-0.39, 0.29) is 5.56 Å². The molecule has 3 rings (SSSR count). The third-order valence-corrected chi connectivity index (χ3v) is 6.06. The molecule has 126 valence electrons. The fourth-order valence-electron chi connectivity index (χ4n) is 3.37. The summed E-state index contributed by atoms with van der Waals surface area (Å²) in [7, 11) is 0. The van der Waals surface area contributed by atoms with Gasteiger partial charge >= 0.3 is 0 Å². The van der Waals surface area contributed by atoms with Gasteiger partial charge in [-0.05, 0) is 45.2 Å². The maximum Gasteiger partial charge on any atom is 0.262 e. The number of nitrogens with zero attached hydrogens (tertiary/aromatic N) is 3. The van der Waals surface area contributed by atoms with Crippen LogP contribution in [0.15, 0.2) is 11.1 Å². The number of hydrogen-bond donors (Lipinski definition) is 1. The Morgan fingerprint density at radius 2 is 2.04 bits per heavy atom. The first-order chi connectivity index (χ1) is 10.9. The molecule has 2 aromatic heterocycles. The number of aryl methyl sites for hydroxylation is 2. The third-order valence-electron chi connectivity index (χ3n) is 4.95. The van der Waals surface area contributed by atoms with Crippen LogP contribution in [-0.4, -0.2) is 44.8 Å². The lowest BCUT2D eigenvalue weighted by atomic mass is 9.91. The van der Waals surface area contributed by atoms with E-state index in [1.165, 1.54) is 0 Å². The number of likely N-dealkylation sites (tertiary alicyclic amines) is 1. The van der Waals surface area contributed by atoms with Gasteiger partial charge < -0.3 is 10.0 Å². The topological polar surface area (TPSA) is 58.4 Å². The number of aliphatic hydroxyl groups is 1. The van der Waals surface area contributed by atoms with Crippen LogP contribution in [0.5, 0.6) is 0 Å². The highest BCUT2D eigenvalue weighted by Gasteiger charge is 2.33. The highest BCUT2D eigenvalue weighted by atomic mass is 32.1. The molecular formula is C17H25N3O2S. The Kier molecular flexibility index (Phi) is 4.58. The second-order valence-electron chi connectivity index (χ2n) is 6.71. The predicted molar refractivity (Wildman–Crippen MR) is 94.3 cm³/mol. The molecule has 2 aromatic rings. The zero-order valence-electron chi connectivity index (χ0n) is 14.1. The summed E-state index contributed by atoms with van der Waals surface area (Å²) in [6.07, 6.45) is 4.14. The molecule has 23 heavy (non-hydrogen) atoms. The molecule has 0 amide bonds. The van der Waals surface area contributed by atoms with Crippen LogP contribution in [0, 0.1) is 13.8 Å². The molecule has 1 fully saturated rings. The van der Waals surface area contributed by atoms with Crippen LogP contribution >= 0.6 is 11.3 Å². The van der Waals surface area contributed by atoms with E-state index in [4.69, 9.17) is 0 Å². The summed E-state index contributed by atoms with van der Waals surface area (Å²) in [5.74, 6) is 0. The van der Waals surface area contributed by atoms with Crippen LogP contribution in [0.3, 0.4) is 0 Å². The molecule has 0 aliphatic carbocycles. The number of rotatable bonds is 4. The van der Waals surface area contributed by atoms with E-state index < -0.39 is 5.60 Å². The second kappa shape index (κ2) is 6.34. The first-order valence-electron chi connectivity index (χ1n) is 8.33. The van der Waals surface area contributed by atoms with Gasteiger partial charge in [-0.2, -0.15) is 0 Å². The van der Waals surface area contributed by atoms with Gasteiger partial charge in [0.1, 0.15) is 4.83 Å². The number of fused-ring (bicyclic) bond motifs is 1. The van der Waals surface area contributed by atoms with Crippen LogP contribution in [0.25, 0.3) is 10.2 Å². The van der Waals surface area contributed by atoms with Gasteiger partial charge in [-0.25, -0.2) is 4.98 Å². The van der Waals surface area contributed by atoms with Gasteiger partial charge in [0.05, 0.1) is 23.9 Å². The molecule has 0 saturated carbocycles. The molecule has 1 aliphatic rings. The summed E-state index contributed by atoms with van der Waals surface area (Å²) in [6.45, 7) is 9.37. The molecule has 1 saturated heterocycles. The van der Waals surface area contributed by atoms with E-state index >= 15 is 0 Å². The van der Waals surface area contributed by atoms with E-state index in [2.05, 4.69) is 16.8 Å². The van der Waals surface area contributed by atoms with Crippen molar-refractivity contribution in [2.75, 3.05) is 19.6 Å². The predicted octanol–water partition coefficient (Wildman–Crippen LogP) is 2.31. The highest BCUT2D eigenvalue weighted by Crippen LogP contribution is 2.27. The number of thiophene rings is 1. The molecule has 6 heteroatoms. The molecule has 0 aromatic carbocycles. The zero-order valence-corrected chi connectivity index (χ0v) is 14.9. The van der Waals surface area contributed by atoms with Gasteiger partial charge in [-0.15, -0.1) is 11.3 Å². The van der Waals surface area contributed by atoms with Crippen LogP contribution in [-0.2, 0) is 6.54 Å². The van der Waals surface area contributed by atoms with E-state index in [1.54, 1.807) is 22.2 Å². The van der Waals surface area contributed by atoms with Crippen LogP contribution in [0.4, 0.5) is 0 Å². The molecular weight excluding hydrogens is 310 g/mol. The SMILES string of the molecule is CCCN1CCC(O)(Cn2cnc3sc(C)c(C)c3c2=O)CC1. The molecule has 1 aliphatic heterocycles. The van der Waals surface area contributed by atoms with Crippen molar-refractivity contribution in [1.29, 1.82) is 0 Å². The van der Waals surface area contributed by atoms with Crippen LogP contribution in [0.1, 0.15) is 36.6 Å². The fraction of sp³-hybridized carbons (Fsp3) is 0.647. The summed E-state index contributed by atoms with van der Waals surface area (Å²) < 4.78 is 1.59. The van der Waals surface area contributed by atoms with Crippen molar-refractivity contribution in [2.45, 2.75) is 52.2 Å². The Bertz CT molecular complexity index is 757. The number of piperidine rings is 1. The second-order valence-corrected chi connectivity index (χ2v) is 7.91. The Labute approximate surface area is 140 Å². The van der Waals surface area contributed by atoms with Crippen molar-refractivity contribution in [1.82, 2.24) is 14.5 Å². The molecule has 0 atom stereocenters. The molecule has 0 radical (unpaired) electrons. The first-order valence-corrected chi connectivity index (χ1v) is 9.15. The lowest BCUT2D eigenvalue weighted by Gasteiger charge is -2.38. The van der Waals surface area contributed by atoms with Gasteiger partial charge in [0.2, 0.25) is 0 Å². The van der Waals surface area contributed by atoms with Gasteiger partial charge in [0.25, 0.3) is 5.56 Å². The third kappa shape index (κ3) is 3.20. The largest absolute Gasteiger partial charge is 0.388 e. The Morgan fingerprint density at radius 3 is 2.70 bits per heavy atom. The fourth-order valence-corrected chi connectivity index (χ4v) is 4.35. The number of aromatic nitrogens is 2. The monoisotopic (exact) mass is 335 g/mol. The summed E-state index contributed by atoms with van der Waals surface area (Å²) in [5, 5.41) is 11.6. The van der Waals surface area contributed by atoms with Crippen molar-refractivity contribution in [2.24, 2.45) is 0 Å². The smallest absolute Gasteiger partial charge is 0.262 e. The maximum atomic E-state index is 12.8. The molecule has 5 nitrogen and oxygen atoms in total. The van der Waals surface area contributed by atoms with E-state index in [0.29, 0.717) is 24.8 Å². The van der Waals surface area contributed by atoms with Crippen molar-refractivity contribution >= 4 is 21.6 Å². The normalized spacial score (nSPS) is 18.6. The van der Waals surface area contributed by atoms with Crippen LogP contribution in [0.2, 0.25) is 0 Å². The lowest BCUT2D eigenvalue weighted by Crippen LogP contribution is -2.48. The Balaban J connectivity index is 1.83. The summed E-state index contributed by atoms with van der Waals surface area (Å²) >= 11 is 1.56. The van der Waals surface area contributed by atoms with Crippen LogP contribution < -0.4 is 5.56 Å².